The number of rotatable bonds is 2. The number of H-pyrrole nitrogens is 1. The lowest BCUT2D eigenvalue weighted by atomic mass is 9.96. The van der Waals surface area contributed by atoms with Gasteiger partial charge in [-0.1, -0.05) is 5.16 Å². The van der Waals surface area contributed by atoms with Crippen molar-refractivity contribution in [1.29, 1.82) is 0 Å². The van der Waals surface area contributed by atoms with Crippen LogP contribution < -0.4 is 0 Å². The summed E-state index contributed by atoms with van der Waals surface area (Å²) in [7, 11) is 0. The molecular weight excluding hydrogens is 268 g/mol. The number of nitrogens with zero attached hydrogens (tertiary/aromatic N) is 3. The summed E-state index contributed by atoms with van der Waals surface area (Å²) in [4.78, 5) is 14.8. The molecule has 1 N–H and O–H groups in total. The van der Waals surface area contributed by atoms with Crippen LogP contribution in [0.4, 0.5) is 0 Å². The van der Waals surface area contributed by atoms with Crippen LogP contribution in [0.5, 0.6) is 0 Å². The SMILES string of the molecule is Cc1cn[nH]c1[C@@H]1CCCCN1C(=O)c1c(C)noc1C. The van der Waals surface area contributed by atoms with Gasteiger partial charge in [0.15, 0.2) is 0 Å². The summed E-state index contributed by atoms with van der Waals surface area (Å²) in [6, 6.07) is 0.0578. The number of carbonyl (C=O) groups is 1. The van der Waals surface area contributed by atoms with Gasteiger partial charge in [0.1, 0.15) is 11.3 Å². The van der Waals surface area contributed by atoms with Crippen LogP contribution in [0.25, 0.3) is 0 Å². The van der Waals surface area contributed by atoms with Gasteiger partial charge in [-0.3, -0.25) is 9.89 Å². The van der Waals surface area contributed by atoms with E-state index >= 15 is 0 Å². The lowest BCUT2D eigenvalue weighted by Gasteiger charge is -2.35. The third-order valence-electron chi connectivity index (χ3n) is 4.21. The molecule has 0 unspecified atom stereocenters. The highest BCUT2D eigenvalue weighted by molar-refractivity contribution is 5.96. The number of hydrogen-bond acceptors (Lipinski definition) is 4. The Labute approximate surface area is 123 Å². The average molecular weight is 288 g/mol. The van der Waals surface area contributed by atoms with E-state index in [1.807, 2.05) is 24.9 Å². The van der Waals surface area contributed by atoms with Gasteiger partial charge < -0.3 is 9.42 Å². The molecule has 1 atom stereocenters. The number of hydrogen-bond donors (Lipinski definition) is 1. The lowest BCUT2D eigenvalue weighted by Crippen LogP contribution is -2.39. The summed E-state index contributed by atoms with van der Waals surface area (Å²) in [6.07, 6.45) is 4.91. The van der Waals surface area contributed by atoms with Crippen LogP contribution in [0.15, 0.2) is 10.7 Å². The molecule has 0 aliphatic carbocycles. The Hall–Kier alpha value is -2.11. The van der Waals surface area contributed by atoms with Gasteiger partial charge in [-0.05, 0) is 45.6 Å². The van der Waals surface area contributed by atoms with Gasteiger partial charge >= 0.3 is 0 Å². The number of piperidine rings is 1. The zero-order valence-electron chi connectivity index (χ0n) is 12.6. The predicted octanol–water partition coefficient (Wildman–Crippen LogP) is 2.69. The van der Waals surface area contributed by atoms with Crippen molar-refractivity contribution < 1.29 is 9.32 Å². The molecule has 1 saturated heterocycles. The summed E-state index contributed by atoms with van der Waals surface area (Å²) in [5.74, 6) is 0.591. The first-order valence-corrected chi connectivity index (χ1v) is 7.33. The minimum atomic E-state index is 0.00458. The molecule has 0 radical (unpaired) electrons. The molecule has 1 aliphatic heterocycles. The first-order chi connectivity index (χ1) is 10.1. The van der Waals surface area contributed by atoms with Crippen molar-refractivity contribution in [2.75, 3.05) is 6.54 Å². The maximum absolute atomic E-state index is 12.9. The van der Waals surface area contributed by atoms with Crippen molar-refractivity contribution in [2.45, 2.75) is 46.1 Å². The summed E-state index contributed by atoms with van der Waals surface area (Å²) in [6.45, 7) is 6.37. The van der Waals surface area contributed by atoms with E-state index in [0.717, 1.165) is 37.1 Å². The number of likely N-dealkylation sites (tertiary alicyclic amines) is 1. The highest BCUT2D eigenvalue weighted by atomic mass is 16.5. The molecule has 1 fully saturated rings. The fraction of sp³-hybridized carbons (Fsp3) is 0.533. The van der Waals surface area contributed by atoms with E-state index in [1.54, 1.807) is 6.92 Å². The second-order valence-corrected chi connectivity index (χ2v) is 5.68. The largest absolute Gasteiger partial charge is 0.361 e. The zero-order valence-corrected chi connectivity index (χ0v) is 12.6. The van der Waals surface area contributed by atoms with Crippen LogP contribution in [0.2, 0.25) is 0 Å². The van der Waals surface area contributed by atoms with Gasteiger partial charge in [-0.15, -0.1) is 0 Å². The quantitative estimate of drug-likeness (QED) is 0.922. The van der Waals surface area contributed by atoms with Crippen LogP contribution in [-0.2, 0) is 0 Å². The molecular formula is C15H20N4O2. The Bertz CT molecular complexity index is 639. The molecule has 2 aromatic heterocycles. The number of aromatic amines is 1. The first kappa shape index (κ1) is 13.9. The summed E-state index contributed by atoms with van der Waals surface area (Å²) >= 11 is 0. The topological polar surface area (TPSA) is 75.0 Å². The summed E-state index contributed by atoms with van der Waals surface area (Å²) < 4.78 is 5.14. The standard InChI is InChI=1S/C15H20N4O2/c1-9-8-16-17-14(9)12-6-4-5-7-19(12)15(20)13-10(2)18-21-11(13)3/h8,12H,4-7H2,1-3H3,(H,16,17)/t12-/m0/s1. The van der Waals surface area contributed by atoms with E-state index in [-0.39, 0.29) is 11.9 Å². The average Bonchev–Trinajstić information content (AvgIpc) is 3.04. The molecule has 21 heavy (non-hydrogen) atoms. The fourth-order valence-corrected chi connectivity index (χ4v) is 3.10. The minimum absolute atomic E-state index is 0.00458. The zero-order chi connectivity index (χ0) is 15.0. The molecule has 1 amide bonds. The predicted molar refractivity (Wildman–Crippen MR) is 76.9 cm³/mol. The van der Waals surface area contributed by atoms with Crippen molar-refractivity contribution in [1.82, 2.24) is 20.3 Å². The highest BCUT2D eigenvalue weighted by Gasteiger charge is 2.33. The second kappa shape index (κ2) is 5.35. The van der Waals surface area contributed by atoms with Gasteiger partial charge in [0.2, 0.25) is 0 Å². The summed E-state index contributed by atoms with van der Waals surface area (Å²) in [5.41, 5.74) is 3.38. The van der Waals surface area contributed by atoms with E-state index in [2.05, 4.69) is 15.4 Å². The first-order valence-electron chi connectivity index (χ1n) is 7.33. The highest BCUT2D eigenvalue weighted by Crippen LogP contribution is 2.33. The normalized spacial score (nSPS) is 19.0. The van der Waals surface area contributed by atoms with Crippen LogP contribution in [-0.4, -0.2) is 32.7 Å². The van der Waals surface area contributed by atoms with E-state index < -0.39 is 0 Å². The van der Waals surface area contributed by atoms with Gasteiger partial charge in [-0.2, -0.15) is 5.10 Å². The minimum Gasteiger partial charge on any atom is -0.361 e. The smallest absolute Gasteiger partial charge is 0.259 e. The monoisotopic (exact) mass is 288 g/mol. The number of nitrogens with one attached hydrogen (secondary N) is 1. The Balaban J connectivity index is 1.95. The molecule has 2 aromatic rings. The fourth-order valence-electron chi connectivity index (χ4n) is 3.10. The van der Waals surface area contributed by atoms with E-state index in [0.29, 0.717) is 17.0 Å². The number of aromatic nitrogens is 3. The second-order valence-electron chi connectivity index (χ2n) is 5.68. The molecule has 112 valence electrons. The lowest BCUT2D eigenvalue weighted by molar-refractivity contribution is 0.0603. The van der Waals surface area contributed by atoms with Crippen LogP contribution in [0.3, 0.4) is 0 Å². The maximum Gasteiger partial charge on any atom is 0.259 e. The molecule has 0 spiro atoms. The van der Waals surface area contributed by atoms with Gasteiger partial charge in [0.05, 0.1) is 23.6 Å². The van der Waals surface area contributed by atoms with E-state index in [9.17, 15) is 4.79 Å². The third-order valence-corrected chi connectivity index (χ3v) is 4.21. The molecule has 1 aliphatic rings. The van der Waals surface area contributed by atoms with Crippen molar-refractivity contribution >= 4 is 5.91 Å². The number of aryl methyl sites for hydroxylation is 3. The molecule has 6 heteroatoms. The van der Waals surface area contributed by atoms with Gasteiger partial charge in [-0.25, -0.2) is 0 Å². The molecule has 3 heterocycles. The van der Waals surface area contributed by atoms with Gasteiger partial charge in [0.25, 0.3) is 5.91 Å². The van der Waals surface area contributed by atoms with E-state index in [4.69, 9.17) is 4.52 Å². The number of amides is 1. The Kier molecular flexibility index (Phi) is 3.53. The Morgan fingerprint density at radius 1 is 1.38 bits per heavy atom. The third kappa shape index (κ3) is 2.34. The Morgan fingerprint density at radius 3 is 2.81 bits per heavy atom. The van der Waals surface area contributed by atoms with Crippen molar-refractivity contribution in [2.24, 2.45) is 0 Å². The molecule has 0 bridgehead atoms. The van der Waals surface area contributed by atoms with E-state index in [1.165, 1.54) is 0 Å². The van der Waals surface area contributed by atoms with Crippen molar-refractivity contribution in [3.8, 4) is 0 Å². The van der Waals surface area contributed by atoms with Crippen LogP contribution in [0, 0.1) is 20.8 Å². The molecule has 0 aromatic carbocycles. The summed E-state index contributed by atoms with van der Waals surface area (Å²) in [5, 5.41) is 11.0. The molecule has 0 saturated carbocycles. The number of carbonyl (C=O) groups excluding carboxylic acids is 1. The van der Waals surface area contributed by atoms with Crippen molar-refractivity contribution in [3.05, 3.63) is 34.5 Å². The Morgan fingerprint density at radius 2 is 2.19 bits per heavy atom. The van der Waals surface area contributed by atoms with Crippen LogP contribution >= 0.6 is 0 Å². The maximum atomic E-state index is 12.9. The van der Waals surface area contributed by atoms with Crippen molar-refractivity contribution in [3.63, 3.8) is 0 Å². The molecule has 6 nitrogen and oxygen atoms in total. The molecule has 3 rings (SSSR count). The van der Waals surface area contributed by atoms with Gasteiger partial charge in [0, 0.05) is 6.54 Å². The van der Waals surface area contributed by atoms with Crippen LogP contribution in [0.1, 0.15) is 58.4 Å².